The molecule has 108 valence electrons. The van der Waals surface area contributed by atoms with Crippen LogP contribution in [0, 0.1) is 13.8 Å². The standard InChI is InChI=1S/C15H20O4.Mg.2H/c1-8-6-10(11(13(16)17)14(18)19)7-9(2)12(8)15(3,4)5;;;/h6-7,11H,1-5H3,(H,16,17)(H,18,19);;;. The van der Waals surface area contributed by atoms with Crippen molar-refractivity contribution >= 4 is 35.0 Å². The Bertz CT molecular complexity index is 492. The van der Waals surface area contributed by atoms with Crippen molar-refractivity contribution in [1.29, 1.82) is 0 Å². The normalized spacial score (nSPS) is 11.1. The van der Waals surface area contributed by atoms with Gasteiger partial charge >= 0.3 is 35.0 Å². The van der Waals surface area contributed by atoms with Crippen LogP contribution in [0.5, 0.6) is 0 Å². The van der Waals surface area contributed by atoms with E-state index in [-0.39, 0.29) is 28.5 Å². The van der Waals surface area contributed by atoms with Crippen LogP contribution >= 0.6 is 0 Å². The van der Waals surface area contributed by atoms with Gasteiger partial charge < -0.3 is 10.2 Å². The summed E-state index contributed by atoms with van der Waals surface area (Å²) in [4.78, 5) is 22.1. The first-order valence-electron chi connectivity index (χ1n) is 6.13. The predicted octanol–water partition coefficient (Wildman–Crippen LogP) is 1.94. The zero-order valence-corrected chi connectivity index (χ0v) is 11.9. The van der Waals surface area contributed by atoms with Crippen LogP contribution in [0.25, 0.3) is 0 Å². The van der Waals surface area contributed by atoms with E-state index < -0.39 is 17.9 Å². The van der Waals surface area contributed by atoms with Crippen molar-refractivity contribution in [2.75, 3.05) is 0 Å². The number of carboxylic acid groups (broad SMARTS) is 2. The van der Waals surface area contributed by atoms with Gasteiger partial charge in [0.25, 0.3) is 0 Å². The van der Waals surface area contributed by atoms with Crippen molar-refractivity contribution in [3.8, 4) is 0 Å². The molecule has 1 aromatic rings. The monoisotopic (exact) mass is 290 g/mol. The Morgan fingerprint density at radius 1 is 1.00 bits per heavy atom. The van der Waals surface area contributed by atoms with Crippen molar-refractivity contribution in [2.24, 2.45) is 0 Å². The third-order valence-corrected chi connectivity index (χ3v) is 3.13. The van der Waals surface area contributed by atoms with Gasteiger partial charge in [-0.25, -0.2) is 0 Å². The van der Waals surface area contributed by atoms with Crippen LogP contribution in [0.15, 0.2) is 12.1 Å². The van der Waals surface area contributed by atoms with Gasteiger partial charge in [-0.15, -0.1) is 0 Å². The van der Waals surface area contributed by atoms with Crippen LogP contribution in [0.1, 0.15) is 48.9 Å². The summed E-state index contributed by atoms with van der Waals surface area (Å²) >= 11 is 0. The van der Waals surface area contributed by atoms with Crippen LogP contribution in [0.4, 0.5) is 0 Å². The van der Waals surface area contributed by atoms with E-state index in [1.807, 2.05) is 13.8 Å². The zero-order chi connectivity index (χ0) is 15.0. The summed E-state index contributed by atoms with van der Waals surface area (Å²) in [6.45, 7) is 10.0. The van der Waals surface area contributed by atoms with Crippen LogP contribution < -0.4 is 0 Å². The van der Waals surface area contributed by atoms with Gasteiger partial charge in [-0.2, -0.15) is 0 Å². The van der Waals surface area contributed by atoms with E-state index in [1.165, 1.54) is 0 Å². The number of aliphatic carboxylic acids is 2. The minimum absolute atomic E-state index is 0. The van der Waals surface area contributed by atoms with Gasteiger partial charge in [0.05, 0.1) is 0 Å². The SMILES string of the molecule is Cc1cc(C(C(=O)O)C(=O)O)cc(C)c1C(C)(C)C.[MgH2]. The zero-order valence-electron chi connectivity index (χ0n) is 11.9. The third-order valence-electron chi connectivity index (χ3n) is 3.13. The van der Waals surface area contributed by atoms with E-state index in [0.29, 0.717) is 5.56 Å². The van der Waals surface area contributed by atoms with Crippen LogP contribution in [-0.2, 0) is 15.0 Å². The van der Waals surface area contributed by atoms with Gasteiger partial charge in [-0.3, -0.25) is 9.59 Å². The Morgan fingerprint density at radius 2 is 1.35 bits per heavy atom. The number of rotatable bonds is 3. The smallest absolute Gasteiger partial charge is 0.322 e. The van der Waals surface area contributed by atoms with E-state index in [2.05, 4.69) is 20.8 Å². The maximum atomic E-state index is 11.1. The molecule has 0 spiro atoms. The molecular weight excluding hydrogens is 268 g/mol. The fourth-order valence-electron chi connectivity index (χ4n) is 2.74. The molecule has 0 radical (unpaired) electrons. The minimum Gasteiger partial charge on any atom is -0.480 e. The molecular formula is C15H22MgO4. The van der Waals surface area contributed by atoms with Gasteiger partial charge in [0.15, 0.2) is 5.92 Å². The first-order chi connectivity index (χ1) is 8.55. The molecule has 5 heteroatoms. The lowest BCUT2D eigenvalue weighted by atomic mass is 9.79. The summed E-state index contributed by atoms with van der Waals surface area (Å²) in [5.74, 6) is -4.18. The average molecular weight is 291 g/mol. The van der Waals surface area contributed by atoms with E-state index in [1.54, 1.807) is 12.1 Å². The third kappa shape index (κ3) is 3.96. The topological polar surface area (TPSA) is 74.6 Å². The Hall–Kier alpha value is -1.07. The molecule has 0 aliphatic heterocycles. The molecule has 0 atom stereocenters. The molecule has 0 fully saturated rings. The maximum absolute atomic E-state index is 11.1. The molecule has 0 heterocycles. The summed E-state index contributed by atoms with van der Waals surface area (Å²) in [5.41, 5.74) is 3.24. The highest BCUT2D eigenvalue weighted by Gasteiger charge is 2.29. The summed E-state index contributed by atoms with van der Waals surface area (Å²) in [6.07, 6.45) is 0. The van der Waals surface area contributed by atoms with Crippen molar-refractivity contribution < 1.29 is 19.8 Å². The average Bonchev–Trinajstić information content (AvgIpc) is 2.11. The van der Waals surface area contributed by atoms with Crippen molar-refractivity contribution in [1.82, 2.24) is 0 Å². The molecule has 0 aromatic heterocycles. The minimum atomic E-state index is -1.51. The molecule has 0 aliphatic rings. The Kier molecular flexibility index (Phi) is 6.23. The molecule has 0 saturated heterocycles. The number of carboxylic acids is 2. The Morgan fingerprint density at radius 3 is 1.60 bits per heavy atom. The summed E-state index contributed by atoms with van der Waals surface area (Å²) in [7, 11) is 0. The highest BCUT2D eigenvalue weighted by molar-refractivity contribution is 5.99. The van der Waals surface area contributed by atoms with Crippen LogP contribution in [0.2, 0.25) is 0 Å². The second-order valence-corrected chi connectivity index (χ2v) is 5.89. The second kappa shape index (κ2) is 6.59. The first-order valence-corrected chi connectivity index (χ1v) is 6.13. The number of hydrogen-bond donors (Lipinski definition) is 2. The fraction of sp³-hybridized carbons (Fsp3) is 0.467. The molecule has 1 rings (SSSR count). The molecule has 4 nitrogen and oxygen atoms in total. The lowest BCUT2D eigenvalue weighted by Crippen LogP contribution is -2.22. The first kappa shape index (κ1) is 18.9. The van der Waals surface area contributed by atoms with Crippen molar-refractivity contribution in [3.05, 3.63) is 34.4 Å². The largest absolute Gasteiger partial charge is 0.480 e. The quantitative estimate of drug-likeness (QED) is 0.659. The van der Waals surface area contributed by atoms with Gasteiger partial charge in [0.1, 0.15) is 0 Å². The van der Waals surface area contributed by atoms with E-state index in [0.717, 1.165) is 16.7 Å². The van der Waals surface area contributed by atoms with E-state index >= 15 is 0 Å². The Labute approximate surface area is 135 Å². The highest BCUT2D eigenvalue weighted by atomic mass is 24.3. The molecule has 0 unspecified atom stereocenters. The summed E-state index contributed by atoms with van der Waals surface area (Å²) in [5, 5.41) is 18.1. The lowest BCUT2D eigenvalue weighted by molar-refractivity contribution is -0.150. The number of aryl methyl sites for hydroxylation is 2. The summed E-state index contributed by atoms with van der Waals surface area (Å²) in [6, 6.07) is 3.33. The number of hydrogen-bond acceptors (Lipinski definition) is 2. The van der Waals surface area contributed by atoms with Gasteiger partial charge in [-0.1, -0.05) is 32.9 Å². The summed E-state index contributed by atoms with van der Waals surface area (Å²) < 4.78 is 0. The molecule has 2 N–H and O–H groups in total. The Balaban J connectivity index is 0.00000361. The molecule has 0 aliphatic carbocycles. The number of benzene rings is 1. The second-order valence-electron chi connectivity index (χ2n) is 5.89. The number of carbonyl (C=O) groups is 2. The fourth-order valence-corrected chi connectivity index (χ4v) is 2.74. The van der Waals surface area contributed by atoms with Gasteiger partial charge in [-0.05, 0) is 41.5 Å². The molecule has 1 aromatic carbocycles. The predicted molar refractivity (Wildman–Crippen MR) is 81.2 cm³/mol. The maximum Gasteiger partial charge on any atom is 0.322 e. The van der Waals surface area contributed by atoms with E-state index in [9.17, 15) is 9.59 Å². The highest BCUT2D eigenvalue weighted by Crippen LogP contribution is 2.31. The van der Waals surface area contributed by atoms with Gasteiger partial charge in [0.2, 0.25) is 0 Å². The molecule has 0 bridgehead atoms. The van der Waals surface area contributed by atoms with Crippen molar-refractivity contribution in [3.63, 3.8) is 0 Å². The lowest BCUT2D eigenvalue weighted by Gasteiger charge is -2.25. The van der Waals surface area contributed by atoms with Gasteiger partial charge in [0, 0.05) is 0 Å². The molecule has 0 amide bonds. The van der Waals surface area contributed by atoms with E-state index in [4.69, 9.17) is 10.2 Å². The van der Waals surface area contributed by atoms with Crippen LogP contribution in [0.3, 0.4) is 0 Å². The molecule has 0 saturated carbocycles. The van der Waals surface area contributed by atoms with Crippen molar-refractivity contribution in [2.45, 2.75) is 46.0 Å². The van der Waals surface area contributed by atoms with Crippen LogP contribution in [-0.4, -0.2) is 45.2 Å². The molecule has 20 heavy (non-hydrogen) atoms.